The molecule has 0 aliphatic rings. The molecule has 94 valence electrons. The quantitative estimate of drug-likeness (QED) is 0.483. The van der Waals surface area contributed by atoms with Gasteiger partial charge >= 0.3 is 0 Å². The van der Waals surface area contributed by atoms with Crippen molar-refractivity contribution in [2.24, 2.45) is 5.73 Å². The monoisotopic (exact) mass is 231 g/mol. The molecule has 0 heterocycles. The molecule has 0 spiro atoms. The molecule has 6 heteroatoms. The number of amides is 2. The molecule has 0 bridgehead atoms. The van der Waals surface area contributed by atoms with E-state index in [2.05, 4.69) is 5.32 Å². The lowest BCUT2D eigenvalue weighted by atomic mass is 10.1. The third-order valence-corrected chi connectivity index (χ3v) is 2.26. The fraction of sp³-hybridized carbons (Fsp3) is 0.800. The van der Waals surface area contributed by atoms with E-state index in [1.165, 1.54) is 0 Å². The number of hydrogen-bond acceptors (Lipinski definition) is 4. The summed E-state index contributed by atoms with van der Waals surface area (Å²) in [5, 5.41) is 11.5. The van der Waals surface area contributed by atoms with E-state index in [4.69, 9.17) is 10.8 Å². The molecule has 0 aliphatic carbocycles. The number of nitrogens with zero attached hydrogens (tertiary/aromatic N) is 1. The Bertz CT molecular complexity index is 233. The molecule has 1 unspecified atom stereocenters. The van der Waals surface area contributed by atoms with Gasteiger partial charge in [-0.25, -0.2) is 0 Å². The summed E-state index contributed by atoms with van der Waals surface area (Å²) in [4.78, 5) is 24.1. The zero-order chi connectivity index (χ0) is 12.6. The number of carbonyl (C=O) groups is 2. The second-order valence-electron chi connectivity index (χ2n) is 3.47. The van der Waals surface area contributed by atoms with Crippen LogP contribution in [0.2, 0.25) is 0 Å². The fourth-order valence-corrected chi connectivity index (χ4v) is 1.55. The average Bonchev–Trinajstić information content (AvgIpc) is 2.18. The van der Waals surface area contributed by atoms with Crippen LogP contribution >= 0.6 is 0 Å². The molecular formula is C10H21N3O3. The van der Waals surface area contributed by atoms with E-state index < -0.39 is 11.9 Å². The van der Waals surface area contributed by atoms with Crippen LogP contribution in [-0.2, 0) is 9.59 Å². The van der Waals surface area contributed by atoms with E-state index in [9.17, 15) is 9.59 Å². The van der Waals surface area contributed by atoms with E-state index in [1.807, 2.05) is 13.8 Å². The van der Waals surface area contributed by atoms with Crippen LogP contribution in [0.4, 0.5) is 0 Å². The Kier molecular flexibility index (Phi) is 7.49. The minimum Gasteiger partial charge on any atom is -0.395 e. The molecule has 0 aliphatic heterocycles. The topological polar surface area (TPSA) is 95.7 Å². The lowest BCUT2D eigenvalue weighted by molar-refractivity contribution is -0.127. The number of likely N-dealkylation sites (N-methyl/N-ethyl adjacent to an activating group) is 1. The fourth-order valence-electron chi connectivity index (χ4n) is 1.55. The molecule has 0 aromatic rings. The van der Waals surface area contributed by atoms with Crippen molar-refractivity contribution in [2.45, 2.75) is 26.3 Å². The van der Waals surface area contributed by atoms with E-state index in [0.717, 1.165) is 0 Å². The van der Waals surface area contributed by atoms with E-state index in [0.29, 0.717) is 13.0 Å². The maximum atomic E-state index is 11.4. The van der Waals surface area contributed by atoms with Gasteiger partial charge < -0.3 is 16.2 Å². The normalized spacial score (nSPS) is 12.5. The summed E-state index contributed by atoms with van der Waals surface area (Å²) in [6.45, 7) is 4.41. The van der Waals surface area contributed by atoms with Crippen LogP contribution in [-0.4, -0.2) is 54.1 Å². The predicted octanol–water partition coefficient (Wildman–Crippen LogP) is -1.32. The third kappa shape index (κ3) is 5.09. The van der Waals surface area contributed by atoms with E-state index >= 15 is 0 Å². The van der Waals surface area contributed by atoms with Crippen LogP contribution in [0.15, 0.2) is 0 Å². The van der Waals surface area contributed by atoms with Crippen molar-refractivity contribution >= 4 is 11.8 Å². The van der Waals surface area contributed by atoms with Crippen LogP contribution in [0.25, 0.3) is 0 Å². The van der Waals surface area contributed by atoms with Gasteiger partial charge in [0.05, 0.1) is 19.2 Å². The Hall–Kier alpha value is -1.14. The van der Waals surface area contributed by atoms with Crippen LogP contribution in [0, 0.1) is 0 Å². The average molecular weight is 231 g/mol. The molecule has 0 saturated heterocycles. The Morgan fingerprint density at radius 1 is 1.44 bits per heavy atom. The largest absolute Gasteiger partial charge is 0.395 e. The SMILES string of the molecule is CCNC(=O)CN(CCO)C(CC)C(N)=O. The van der Waals surface area contributed by atoms with Crippen molar-refractivity contribution in [3.05, 3.63) is 0 Å². The van der Waals surface area contributed by atoms with Gasteiger partial charge in [0.15, 0.2) is 0 Å². The summed E-state index contributed by atoms with van der Waals surface area (Å²) >= 11 is 0. The number of rotatable bonds is 8. The van der Waals surface area contributed by atoms with Crippen molar-refractivity contribution in [2.75, 3.05) is 26.2 Å². The standard InChI is InChI=1S/C10H21N3O3/c1-3-8(10(11)16)13(5-6-14)7-9(15)12-4-2/h8,14H,3-7H2,1-2H3,(H2,11,16)(H,12,15). The van der Waals surface area contributed by atoms with Crippen molar-refractivity contribution in [3.63, 3.8) is 0 Å². The van der Waals surface area contributed by atoms with Gasteiger partial charge in [-0.2, -0.15) is 0 Å². The summed E-state index contributed by atoms with van der Waals surface area (Å²) in [5.74, 6) is -0.643. The van der Waals surface area contributed by atoms with Crippen molar-refractivity contribution < 1.29 is 14.7 Å². The highest BCUT2D eigenvalue weighted by Gasteiger charge is 2.23. The maximum Gasteiger partial charge on any atom is 0.234 e. The Morgan fingerprint density at radius 3 is 2.44 bits per heavy atom. The zero-order valence-electron chi connectivity index (χ0n) is 9.90. The molecule has 16 heavy (non-hydrogen) atoms. The Labute approximate surface area is 95.8 Å². The third-order valence-electron chi connectivity index (χ3n) is 2.26. The number of nitrogens with one attached hydrogen (secondary N) is 1. The summed E-state index contributed by atoms with van der Waals surface area (Å²) in [7, 11) is 0. The molecule has 4 N–H and O–H groups in total. The lowest BCUT2D eigenvalue weighted by Crippen LogP contribution is -2.49. The second-order valence-corrected chi connectivity index (χ2v) is 3.47. The van der Waals surface area contributed by atoms with Crippen LogP contribution in [0.3, 0.4) is 0 Å². The first-order chi connectivity index (χ1) is 7.56. The van der Waals surface area contributed by atoms with E-state index in [-0.39, 0.29) is 25.6 Å². The molecule has 1 atom stereocenters. The molecular weight excluding hydrogens is 210 g/mol. The summed E-state index contributed by atoms with van der Waals surface area (Å²) in [6.07, 6.45) is 0.523. The predicted molar refractivity (Wildman–Crippen MR) is 60.6 cm³/mol. The highest BCUT2D eigenvalue weighted by Crippen LogP contribution is 2.03. The van der Waals surface area contributed by atoms with Gasteiger partial charge in [0, 0.05) is 13.1 Å². The van der Waals surface area contributed by atoms with E-state index in [1.54, 1.807) is 4.90 Å². The zero-order valence-corrected chi connectivity index (χ0v) is 9.90. The van der Waals surface area contributed by atoms with Crippen molar-refractivity contribution in [1.82, 2.24) is 10.2 Å². The molecule has 6 nitrogen and oxygen atoms in total. The summed E-state index contributed by atoms with van der Waals surface area (Å²) < 4.78 is 0. The van der Waals surface area contributed by atoms with Gasteiger partial charge in [0.2, 0.25) is 11.8 Å². The minimum absolute atomic E-state index is 0.0792. The Balaban J connectivity index is 4.45. The minimum atomic E-state index is -0.505. The molecule has 0 saturated carbocycles. The summed E-state index contributed by atoms with van der Waals surface area (Å²) in [6, 6.07) is -0.505. The molecule has 0 radical (unpaired) electrons. The smallest absolute Gasteiger partial charge is 0.234 e. The lowest BCUT2D eigenvalue weighted by Gasteiger charge is -2.27. The number of hydrogen-bond donors (Lipinski definition) is 3. The number of aliphatic hydroxyl groups excluding tert-OH is 1. The summed E-state index contributed by atoms with van der Waals surface area (Å²) in [5.41, 5.74) is 5.23. The van der Waals surface area contributed by atoms with Gasteiger partial charge in [-0.15, -0.1) is 0 Å². The van der Waals surface area contributed by atoms with Gasteiger partial charge in [-0.05, 0) is 13.3 Å². The molecule has 0 aromatic carbocycles. The number of carbonyl (C=O) groups excluding carboxylic acids is 2. The number of nitrogens with two attached hydrogens (primary N) is 1. The van der Waals surface area contributed by atoms with Gasteiger partial charge in [-0.1, -0.05) is 6.92 Å². The van der Waals surface area contributed by atoms with Crippen LogP contribution in [0.5, 0.6) is 0 Å². The van der Waals surface area contributed by atoms with Gasteiger partial charge in [0.1, 0.15) is 0 Å². The van der Waals surface area contributed by atoms with Crippen LogP contribution < -0.4 is 11.1 Å². The van der Waals surface area contributed by atoms with Crippen molar-refractivity contribution in [1.29, 1.82) is 0 Å². The number of primary amides is 1. The first-order valence-corrected chi connectivity index (χ1v) is 5.47. The Morgan fingerprint density at radius 2 is 2.06 bits per heavy atom. The first kappa shape index (κ1) is 14.9. The highest BCUT2D eigenvalue weighted by molar-refractivity contribution is 5.82. The number of aliphatic hydroxyl groups is 1. The second kappa shape index (κ2) is 8.06. The van der Waals surface area contributed by atoms with Gasteiger partial charge in [0.25, 0.3) is 0 Å². The van der Waals surface area contributed by atoms with Crippen molar-refractivity contribution in [3.8, 4) is 0 Å². The molecule has 0 rings (SSSR count). The molecule has 2 amide bonds. The first-order valence-electron chi connectivity index (χ1n) is 5.47. The molecule has 0 fully saturated rings. The highest BCUT2D eigenvalue weighted by atomic mass is 16.3. The van der Waals surface area contributed by atoms with Gasteiger partial charge in [-0.3, -0.25) is 14.5 Å². The van der Waals surface area contributed by atoms with Crippen LogP contribution in [0.1, 0.15) is 20.3 Å². The maximum absolute atomic E-state index is 11.4. The molecule has 0 aromatic heterocycles.